The summed E-state index contributed by atoms with van der Waals surface area (Å²) in [5.41, 5.74) is 0.343. The van der Waals surface area contributed by atoms with Crippen molar-refractivity contribution in [2.75, 3.05) is 13.6 Å². The van der Waals surface area contributed by atoms with Crippen molar-refractivity contribution in [1.29, 1.82) is 0 Å². The van der Waals surface area contributed by atoms with Crippen LogP contribution in [0.4, 0.5) is 8.78 Å². The average Bonchev–Trinajstić information content (AvgIpc) is 2.95. The van der Waals surface area contributed by atoms with Crippen molar-refractivity contribution in [3.63, 3.8) is 0 Å². The second-order valence-electron chi connectivity index (χ2n) is 5.21. The minimum absolute atomic E-state index is 0.0991. The second-order valence-corrected chi connectivity index (χ2v) is 5.21. The number of carbonyl (C=O) groups is 1. The van der Waals surface area contributed by atoms with E-state index < -0.39 is 11.6 Å². The minimum atomic E-state index is -0.617. The lowest BCUT2D eigenvalue weighted by molar-refractivity contribution is -0.122. The summed E-state index contributed by atoms with van der Waals surface area (Å²) < 4.78 is 31.6. The number of furan rings is 1. The number of nitrogens with zero attached hydrogens (tertiary/aromatic N) is 1. The van der Waals surface area contributed by atoms with Crippen LogP contribution < -0.4 is 5.32 Å². The number of benzene rings is 1. The number of hydrogen-bond donors (Lipinski definition) is 1. The van der Waals surface area contributed by atoms with Crippen molar-refractivity contribution in [1.82, 2.24) is 10.2 Å². The largest absolute Gasteiger partial charge is 0.467 e. The van der Waals surface area contributed by atoms with Gasteiger partial charge in [0.15, 0.2) is 0 Å². The first kappa shape index (κ1) is 16.2. The zero-order valence-corrected chi connectivity index (χ0v) is 12.5. The molecule has 0 aliphatic rings. The molecule has 0 spiro atoms. The van der Waals surface area contributed by atoms with Crippen LogP contribution in [-0.2, 0) is 11.3 Å². The number of carbonyl (C=O) groups excluding carboxylic acids is 1. The van der Waals surface area contributed by atoms with Gasteiger partial charge in [-0.05, 0) is 32.2 Å². The first-order valence-corrected chi connectivity index (χ1v) is 6.91. The third-order valence-corrected chi connectivity index (χ3v) is 3.22. The predicted molar refractivity (Wildman–Crippen MR) is 78.0 cm³/mol. The molecule has 0 saturated heterocycles. The predicted octanol–water partition coefficient (Wildman–Crippen LogP) is 2.87. The summed E-state index contributed by atoms with van der Waals surface area (Å²) in [4.78, 5) is 13.6. The van der Waals surface area contributed by atoms with Gasteiger partial charge in [0.25, 0.3) is 0 Å². The van der Waals surface area contributed by atoms with E-state index in [-0.39, 0.29) is 25.0 Å². The Bertz CT molecular complexity index is 629. The van der Waals surface area contributed by atoms with Crippen LogP contribution in [0.1, 0.15) is 24.3 Å². The molecular formula is C16H18F2N2O2. The third-order valence-electron chi connectivity index (χ3n) is 3.22. The molecule has 0 radical (unpaired) electrons. The van der Waals surface area contributed by atoms with E-state index in [4.69, 9.17) is 4.42 Å². The molecule has 1 aromatic heterocycles. The zero-order chi connectivity index (χ0) is 16.1. The molecule has 1 aromatic carbocycles. The van der Waals surface area contributed by atoms with Crippen LogP contribution >= 0.6 is 0 Å². The van der Waals surface area contributed by atoms with Gasteiger partial charge in [0.05, 0.1) is 18.8 Å². The number of halogens is 2. The van der Waals surface area contributed by atoms with Crippen molar-refractivity contribution in [2.24, 2.45) is 0 Å². The maximum atomic E-state index is 13.6. The molecule has 22 heavy (non-hydrogen) atoms. The Hall–Kier alpha value is -2.21. The fraction of sp³-hybridized carbons (Fsp3) is 0.312. The van der Waals surface area contributed by atoms with Crippen molar-refractivity contribution >= 4 is 5.91 Å². The molecule has 118 valence electrons. The molecule has 0 fully saturated rings. The Kier molecular flexibility index (Phi) is 5.27. The normalized spacial score (nSPS) is 12.4. The maximum absolute atomic E-state index is 13.6. The highest BCUT2D eigenvalue weighted by molar-refractivity contribution is 5.78. The molecule has 0 aliphatic carbocycles. The van der Waals surface area contributed by atoms with Crippen LogP contribution in [0.3, 0.4) is 0 Å². The smallest absolute Gasteiger partial charge is 0.234 e. The van der Waals surface area contributed by atoms with Gasteiger partial charge in [-0.2, -0.15) is 0 Å². The van der Waals surface area contributed by atoms with Gasteiger partial charge in [-0.25, -0.2) is 8.78 Å². The van der Waals surface area contributed by atoms with E-state index in [0.29, 0.717) is 11.3 Å². The molecule has 2 rings (SSSR count). The van der Waals surface area contributed by atoms with Crippen LogP contribution in [-0.4, -0.2) is 24.4 Å². The number of nitrogens with one attached hydrogen (secondary N) is 1. The molecule has 1 heterocycles. The van der Waals surface area contributed by atoms with Crippen LogP contribution in [0.5, 0.6) is 0 Å². The molecule has 0 aliphatic heterocycles. The molecule has 0 bridgehead atoms. The quantitative estimate of drug-likeness (QED) is 0.892. The lowest BCUT2D eigenvalue weighted by Gasteiger charge is -2.18. The first-order valence-electron chi connectivity index (χ1n) is 6.91. The van der Waals surface area contributed by atoms with Gasteiger partial charge in [0, 0.05) is 18.2 Å². The Morgan fingerprint density at radius 1 is 1.36 bits per heavy atom. The van der Waals surface area contributed by atoms with Crippen LogP contribution in [0, 0.1) is 11.6 Å². The van der Waals surface area contributed by atoms with Crippen LogP contribution in [0.25, 0.3) is 0 Å². The van der Waals surface area contributed by atoms with E-state index >= 15 is 0 Å². The Morgan fingerprint density at radius 3 is 2.77 bits per heavy atom. The highest BCUT2D eigenvalue weighted by Gasteiger charge is 2.14. The summed E-state index contributed by atoms with van der Waals surface area (Å²) in [5, 5.41) is 2.79. The monoisotopic (exact) mass is 308 g/mol. The number of likely N-dealkylation sites (N-methyl/N-ethyl adjacent to an activating group) is 1. The van der Waals surface area contributed by atoms with Gasteiger partial charge in [0.1, 0.15) is 17.4 Å². The lowest BCUT2D eigenvalue weighted by atomic mass is 10.2. The molecule has 0 saturated carbocycles. The molecule has 4 nitrogen and oxygen atoms in total. The highest BCUT2D eigenvalue weighted by atomic mass is 19.1. The van der Waals surface area contributed by atoms with Crippen molar-refractivity contribution in [3.8, 4) is 0 Å². The van der Waals surface area contributed by atoms with Gasteiger partial charge in [-0.3, -0.25) is 9.69 Å². The fourth-order valence-corrected chi connectivity index (χ4v) is 2.14. The summed E-state index contributed by atoms with van der Waals surface area (Å²) in [7, 11) is 1.69. The van der Waals surface area contributed by atoms with Gasteiger partial charge < -0.3 is 9.73 Å². The topological polar surface area (TPSA) is 45.5 Å². The lowest BCUT2D eigenvalue weighted by Crippen LogP contribution is -2.36. The maximum Gasteiger partial charge on any atom is 0.234 e. The Balaban J connectivity index is 1.86. The third kappa shape index (κ3) is 4.39. The second kappa shape index (κ2) is 7.17. The Labute approximate surface area is 127 Å². The van der Waals surface area contributed by atoms with Gasteiger partial charge >= 0.3 is 0 Å². The average molecular weight is 308 g/mol. The molecule has 1 atom stereocenters. The summed E-state index contributed by atoms with van der Waals surface area (Å²) in [6.45, 7) is 2.13. The summed E-state index contributed by atoms with van der Waals surface area (Å²) in [5.74, 6) is -0.764. The van der Waals surface area contributed by atoms with Crippen molar-refractivity contribution in [2.45, 2.75) is 19.5 Å². The van der Waals surface area contributed by atoms with E-state index in [9.17, 15) is 13.6 Å². The van der Waals surface area contributed by atoms with Gasteiger partial charge in [-0.1, -0.05) is 6.07 Å². The van der Waals surface area contributed by atoms with Gasteiger partial charge in [0.2, 0.25) is 5.91 Å². The Morgan fingerprint density at radius 2 is 2.14 bits per heavy atom. The summed E-state index contributed by atoms with van der Waals surface area (Å²) >= 11 is 0. The highest BCUT2D eigenvalue weighted by Crippen LogP contribution is 2.13. The van der Waals surface area contributed by atoms with Crippen molar-refractivity contribution in [3.05, 3.63) is 59.6 Å². The van der Waals surface area contributed by atoms with E-state index in [1.54, 1.807) is 30.3 Å². The van der Waals surface area contributed by atoms with Crippen molar-refractivity contribution < 1.29 is 18.0 Å². The molecule has 1 amide bonds. The van der Waals surface area contributed by atoms with Crippen LogP contribution in [0.15, 0.2) is 41.0 Å². The molecule has 0 unspecified atom stereocenters. The number of amides is 1. The molecule has 2 aromatic rings. The number of rotatable bonds is 6. The molecular weight excluding hydrogens is 290 g/mol. The first-order chi connectivity index (χ1) is 10.5. The number of hydrogen-bond acceptors (Lipinski definition) is 3. The standard InChI is InChI=1S/C16H18F2N2O2/c1-11(15-4-3-7-22-15)19-16(21)10-20(2)9-12-5-6-13(17)8-14(12)18/h3-8,11H,9-10H2,1-2H3,(H,19,21)/t11-/m1/s1. The van der Waals surface area contributed by atoms with E-state index in [1.165, 1.54) is 12.1 Å². The SMILES string of the molecule is C[C@@H](NC(=O)CN(C)Cc1ccc(F)cc1F)c1ccco1. The fourth-order valence-electron chi connectivity index (χ4n) is 2.14. The van der Waals surface area contributed by atoms with E-state index in [2.05, 4.69) is 5.32 Å². The molecule has 6 heteroatoms. The van der Waals surface area contributed by atoms with E-state index in [0.717, 1.165) is 6.07 Å². The zero-order valence-electron chi connectivity index (χ0n) is 12.5. The van der Waals surface area contributed by atoms with Crippen LogP contribution in [0.2, 0.25) is 0 Å². The van der Waals surface area contributed by atoms with Gasteiger partial charge in [-0.15, -0.1) is 0 Å². The minimum Gasteiger partial charge on any atom is -0.467 e. The van der Waals surface area contributed by atoms with E-state index in [1.807, 2.05) is 6.92 Å². The summed E-state index contributed by atoms with van der Waals surface area (Å²) in [6, 6.07) is 6.71. The summed E-state index contributed by atoms with van der Waals surface area (Å²) in [6.07, 6.45) is 1.54. The molecule has 1 N–H and O–H groups in total.